The second-order valence-electron chi connectivity index (χ2n) is 8.15. The van der Waals surface area contributed by atoms with Gasteiger partial charge in [0.2, 0.25) is 5.90 Å². The number of nitrogens with zero attached hydrogens (tertiary/aromatic N) is 1. The minimum Gasteiger partial charge on any atom is -0.481 e. The number of carbonyl (C=O) groups is 2. The summed E-state index contributed by atoms with van der Waals surface area (Å²) in [5.41, 5.74) is 0.798. The van der Waals surface area contributed by atoms with Crippen LogP contribution in [0.5, 0.6) is 0 Å². The van der Waals surface area contributed by atoms with Crippen LogP contribution in [0.1, 0.15) is 44.4 Å². The van der Waals surface area contributed by atoms with Gasteiger partial charge in [0.05, 0.1) is 13.0 Å². The molecule has 0 heterocycles. The number of alkyl carbamates (subject to hydrolysis) is 1. The number of aliphatic imine (C=N–C) groups is 1. The van der Waals surface area contributed by atoms with E-state index in [-0.39, 0.29) is 19.1 Å². The first-order chi connectivity index (χ1) is 15.2. The lowest BCUT2D eigenvalue weighted by Gasteiger charge is -2.25. The molecule has 2 aromatic rings. The van der Waals surface area contributed by atoms with Crippen molar-refractivity contribution in [3.05, 3.63) is 71.8 Å². The minimum atomic E-state index is -1.15. The molecule has 8 nitrogen and oxygen atoms in total. The minimum absolute atomic E-state index is 0.00925. The first kappa shape index (κ1) is 24.9. The summed E-state index contributed by atoms with van der Waals surface area (Å²) in [7, 11) is 0. The van der Waals surface area contributed by atoms with Crippen molar-refractivity contribution in [2.45, 2.75) is 51.5 Å². The van der Waals surface area contributed by atoms with Crippen LogP contribution in [0.3, 0.4) is 0 Å². The molecule has 0 fully saturated rings. The maximum atomic E-state index is 12.4. The van der Waals surface area contributed by atoms with Crippen LogP contribution in [0, 0.1) is 0 Å². The summed E-state index contributed by atoms with van der Waals surface area (Å²) in [6.45, 7) is 4.90. The average molecular weight is 443 g/mol. The number of ether oxygens (including phenoxy) is 2. The Labute approximate surface area is 187 Å². The summed E-state index contributed by atoms with van der Waals surface area (Å²) in [5, 5.41) is 21.9. The smallest absolute Gasteiger partial charge is 0.408 e. The molecule has 0 aliphatic carbocycles. The van der Waals surface area contributed by atoms with Crippen molar-refractivity contribution in [3.63, 3.8) is 0 Å². The lowest BCUT2D eigenvalue weighted by Crippen LogP contribution is -2.45. The number of rotatable bonds is 9. The number of carboxylic acid groups (broad SMARTS) is 1. The zero-order chi connectivity index (χ0) is 23.6. The molecule has 0 unspecified atom stereocenters. The van der Waals surface area contributed by atoms with Gasteiger partial charge in [-0.25, -0.2) is 9.79 Å². The third kappa shape index (κ3) is 8.77. The van der Waals surface area contributed by atoms with Crippen molar-refractivity contribution in [1.82, 2.24) is 5.32 Å². The normalized spacial score (nSPS) is 13.7. The quantitative estimate of drug-likeness (QED) is 0.403. The maximum absolute atomic E-state index is 12.4. The predicted octanol–water partition coefficient (Wildman–Crippen LogP) is 3.70. The molecule has 0 bridgehead atoms. The van der Waals surface area contributed by atoms with Crippen LogP contribution in [0.4, 0.5) is 4.79 Å². The summed E-state index contributed by atoms with van der Waals surface area (Å²) < 4.78 is 11.2. The molecule has 0 radical (unpaired) electrons. The molecule has 0 aromatic heterocycles. The van der Waals surface area contributed by atoms with Gasteiger partial charge in [-0.2, -0.15) is 0 Å². The lowest BCUT2D eigenvalue weighted by molar-refractivity contribution is -0.137. The van der Waals surface area contributed by atoms with Gasteiger partial charge in [0, 0.05) is 0 Å². The van der Waals surface area contributed by atoms with E-state index in [4.69, 9.17) is 9.47 Å². The standard InChI is InChI=1S/C24H30N2O6/c1-24(2,3)32-23(30)26-19(14-21(28)29)22(31-16-17-10-6-4-7-11-17)25-20(15-27)18-12-8-5-9-13-18/h4-13,19-20,27H,14-16H2,1-3H3,(H,26,30)(H,28,29)/t19-,20-/m1/s1. The van der Waals surface area contributed by atoms with Gasteiger partial charge in [-0.15, -0.1) is 0 Å². The zero-order valence-electron chi connectivity index (χ0n) is 18.5. The molecular weight excluding hydrogens is 412 g/mol. The summed E-state index contributed by atoms with van der Waals surface area (Å²) in [6, 6.07) is 16.5. The number of carbonyl (C=O) groups excluding carboxylic acids is 1. The SMILES string of the molecule is CC(C)(C)OC(=O)N[C@H](CC(=O)O)C(=N[C@H](CO)c1ccccc1)OCc1ccccc1. The number of hydrogen-bond acceptors (Lipinski definition) is 6. The molecule has 2 atom stereocenters. The topological polar surface area (TPSA) is 117 Å². The molecular formula is C24H30N2O6. The van der Waals surface area contributed by atoms with Crippen LogP contribution >= 0.6 is 0 Å². The van der Waals surface area contributed by atoms with Crippen molar-refractivity contribution in [2.24, 2.45) is 4.99 Å². The number of carboxylic acids is 1. The zero-order valence-corrected chi connectivity index (χ0v) is 18.5. The third-order valence-electron chi connectivity index (χ3n) is 4.24. The molecule has 0 saturated carbocycles. The summed E-state index contributed by atoms with van der Waals surface area (Å²) in [6.07, 6.45) is -1.26. The van der Waals surface area contributed by atoms with E-state index >= 15 is 0 Å². The van der Waals surface area contributed by atoms with Crippen molar-refractivity contribution < 1.29 is 29.3 Å². The molecule has 3 N–H and O–H groups in total. The van der Waals surface area contributed by atoms with Crippen LogP contribution in [-0.4, -0.2) is 46.4 Å². The highest BCUT2D eigenvalue weighted by atomic mass is 16.6. The van der Waals surface area contributed by atoms with Gasteiger partial charge >= 0.3 is 12.1 Å². The first-order valence-electron chi connectivity index (χ1n) is 10.3. The molecule has 0 aliphatic rings. The Hall–Kier alpha value is -3.39. The van der Waals surface area contributed by atoms with Gasteiger partial charge in [0.15, 0.2) is 0 Å². The van der Waals surface area contributed by atoms with Crippen molar-refractivity contribution in [1.29, 1.82) is 0 Å². The van der Waals surface area contributed by atoms with Crippen molar-refractivity contribution in [2.75, 3.05) is 6.61 Å². The number of amides is 1. The Morgan fingerprint density at radius 2 is 1.62 bits per heavy atom. The predicted molar refractivity (Wildman–Crippen MR) is 120 cm³/mol. The molecule has 0 spiro atoms. The van der Waals surface area contributed by atoms with E-state index in [0.29, 0.717) is 0 Å². The molecule has 0 aliphatic heterocycles. The van der Waals surface area contributed by atoms with Gasteiger partial charge < -0.3 is 25.0 Å². The average Bonchev–Trinajstić information content (AvgIpc) is 2.73. The molecule has 172 valence electrons. The second kappa shape index (κ2) is 11.9. The first-order valence-corrected chi connectivity index (χ1v) is 10.3. The Morgan fingerprint density at radius 1 is 1.03 bits per heavy atom. The van der Waals surface area contributed by atoms with Crippen LogP contribution < -0.4 is 5.32 Å². The van der Waals surface area contributed by atoms with Crippen LogP contribution in [0.2, 0.25) is 0 Å². The highest BCUT2D eigenvalue weighted by molar-refractivity contribution is 5.89. The largest absolute Gasteiger partial charge is 0.481 e. The number of aliphatic hydroxyl groups excluding tert-OH is 1. The van der Waals surface area contributed by atoms with Crippen LogP contribution in [0.15, 0.2) is 65.7 Å². The fourth-order valence-electron chi connectivity index (χ4n) is 2.83. The van der Waals surface area contributed by atoms with E-state index in [1.165, 1.54) is 0 Å². The maximum Gasteiger partial charge on any atom is 0.408 e. The molecule has 8 heteroatoms. The van der Waals surface area contributed by atoms with E-state index in [1.54, 1.807) is 32.9 Å². The molecule has 32 heavy (non-hydrogen) atoms. The highest BCUT2D eigenvalue weighted by Gasteiger charge is 2.27. The van der Waals surface area contributed by atoms with Gasteiger partial charge in [0.1, 0.15) is 24.3 Å². The molecule has 2 aromatic carbocycles. The van der Waals surface area contributed by atoms with Gasteiger partial charge in [-0.1, -0.05) is 60.7 Å². The number of nitrogens with one attached hydrogen (secondary N) is 1. The number of aliphatic carboxylic acids is 1. The monoisotopic (exact) mass is 442 g/mol. The van der Waals surface area contributed by atoms with Crippen molar-refractivity contribution >= 4 is 18.0 Å². The Morgan fingerprint density at radius 3 is 2.16 bits per heavy atom. The third-order valence-corrected chi connectivity index (χ3v) is 4.24. The van der Waals surface area contributed by atoms with E-state index in [1.807, 2.05) is 48.5 Å². The van der Waals surface area contributed by atoms with Gasteiger partial charge in [-0.3, -0.25) is 4.79 Å². The van der Waals surface area contributed by atoms with Crippen molar-refractivity contribution in [3.8, 4) is 0 Å². The summed E-state index contributed by atoms with van der Waals surface area (Å²) in [4.78, 5) is 28.4. The molecule has 1 amide bonds. The fourth-order valence-corrected chi connectivity index (χ4v) is 2.83. The number of aliphatic hydroxyl groups is 1. The molecule has 2 rings (SSSR count). The highest BCUT2D eigenvalue weighted by Crippen LogP contribution is 2.19. The lowest BCUT2D eigenvalue weighted by atomic mass is 10.1. The van der Waals surface area contributed by atoms with Gasteiger partial charge in [-0.05, 0) is 31.9 Å². The Kier molecular flexibility index (Phi) is 9.22. The van der Waals surface area contributed by atoms with E-state index in [2.05, 4.69) is 10.3 Å². The van der Waals surface area contributed by atoms with Crippen LogP contribution in [0.25, 0.3) is 0 Å². The summed E-state index contributed by atoms with van der Waals surface area (Å²) in [5.74, 6) is -1.16. The van der Waals surface area contributed by atoms with Gasteiger partial charge in [0.25, 0.3) is 0 Å². The number of benzene rings is 2. The summed E-state index contributed by atoms with van der Waals surface area (Å²) >= 11 is 0. The van der Waals surface area contributed by atoms with Crippen LogP contribution in [-0.2, 0) is 20.9 Å². The van der Waals surface area contributed by atoms with E-state index in [0.717, 1.165) is 11.1 Å². The fraction of sp³-hybridized carbons (Fsp3) is 0.375. The van der Waals surface area contributed by atoms with E-state index < -0.39 is 36.2 Å². The number of hydrogen-bond donors (Lipinski definition) is 3. The Balaban J connectivity index is 2.36. The van der Waals surface area contributed by atoms with E-state index in [9.17, 15) is 19.8 Å². The Bertz CT molecular complexity index is 894. The second-order valence-corrected chi connectivity index (χ2v) is 8.15. The molecule has 0 saturated heterocycles.